The van der Waals surface area contributed by atoms with Crippen LogP contribution < -0.4 is 15.4 Å². The lowest BCUT2D eigenvalue weighted by Gasteiger charge is -2.31. The molecule has 1 aromatic rings. The van der Waals surface area contributed by atoms with Crippen molar-refractivity contribution in [3.05, 3.63) is 0 Å². The van der Waals surface area contributed by atoms with Crippen LogP contribution in [0, 0.1) is 5.92 Å². The van der Waals surface area contributed by atoms with E-state index in [4.69, 9.17) is 10.5 Å². The average Bonchev–Trinajstić information content (AvgIpc) is 2.38. The lowest BCUT2D eigenvalue weighted by atomic mass is 9.99. The quantitative estimate of drug-likeness (QED) is 0.783. The molecule has 2 rings (SSSR count). The van der Waals surface area contributed by atoms with Gasteiger partial charge in [0.1, 0.15) is 0 Å². The van der Waals surface area contributed by atoms with Crippen molar-refractivity contribution in [2.24, 2.45) is 5.92 Å². The maximum Gasteiger partial charge on any atom is 0.323 e. The summed E-state index contributed by atoms with van der Waals surface area (Å²) < 4.78 is 5.25. The van der Waals surface area contributed by atoms with Crippen molar-refractivity contribution in [2.45, 2.75) is 19.8 Å². The van der Waals surface area contributed by atoms with Gasteiger partial charge in [-0.3, -0.25) is 0 Å². The molecule has 0 spiro atoms. The normalized spacial score (nSPS) is 19.9. The van der Waals surface area contributed by atoms with Crippen molar-refractivity contribution in [1.29, 1.82) is 0 Å². The average molecular weight is 253 g/mol. The minimum absolute atomic E-state index is 0.162. The number of nitrogen functional groups attached to an aromatic ring is 1. The van der Waals surface area contributed by atoms with E-state index in [0.29, 0.717) is 12.6 Å². The van der Waals surface area contributed by atoms with Gasteiger partial charge in [-0.05, 0) is 25.7 Å². The molecule has 1 aliphatic heterocycles. The first-order valence-corrected chi connectivity index (χ1v) is 6.23. The molecule has 100 valence electrons. The number of hydrogen-bond acceptors (Lipinski definition) is 7. The number of anilines is 2. The highest BCUT2D eigenvalue weighted by atomic mass is 16.5. The fraction of sp³-hybridized carbons (Fsp3) is 0.727. The van der Waals surface area contributed by atoms with Gasteiger partial charge in [0, 0.05) is 19.7 Å². The molecule has 7 heteroatoms. The summed E-state index contributed by atoms with van der Waals surface area (Å²) in [5, 5.41) is 9.22. The monoisotopic (exact) mass is 253 g/mol. The molecule has 0 saturated carbocycles. The molecule has 7 nitrogen and oxygen atoms in total. The molecule has 0 aromatic carbocycles. The van der Waals surface area contributed by atoms with E-state index in [-0.39, 0.29) is 24.5 Å². The highest BCUT2D eigenvalue weighted by molar-refractivity contribution is 5.36. The molecule has 1 saturated heterocycles. The number of rotatable bonds is 4. The molecule has 3 N–H and O–H groups in total. The first kappa shape index (κ1) is 12.8. The first-order chi connectivity index (χ1) is 8.72. The second-order valence-electron chi connectivity index (χ2n) is 4.35. The highest BCUT2D eigenvalue weighted by Crippen LogP contribution is 2.21. The Labute approximate surface area is 106 Å². The number of aliphatic hydroxyl groups is 1. The Morgan fingerprint density at radius 2 is 2.28 bits per heavy atom. The summed E-state index contributed by atoms with van der Waals surface area (Å²) in [7, 11) is 0. The van der Waals surface area contributed by atoms with Crippen LogP contribution in [0.3, 0.4) is 0 Å². The van der Waals surface area contributed by atoms with Crippen molar-refractivity contribution in [2.75, 3.05) is 36.9 Å². The van der Waals surface area contributed by atoms with Crippen molar-refractivity contribution in [1.82, 2.24) is 15.0 Å². The van der Waals surface area contributed by atoms with E-state index < -0.39 is 0 Å². The van der Waals surface area contributed by atoms with Gasteiger partial charge in [0.05, 0.1) is 6.61 Å². The lowest BCUT2D eigenvalue weighted by Crippen LogP contribution is -2.38. The van der Waals surface area contributed by atoms with Gasteiger partial charge in [0.15, 0.2) is 0 Å². The number of nitrogens with zero attached hydrogens (tertiary/aromatic N) is 4. The van der Waals surface area contributed by atoms with Gasteiger partial charge in [-0.2, -0.15) is 15.0 Å². The minimum atomic E-state index is 0.162. The van der Waals surface area contributed by atoms with Crippen LogP contribution in [0.15, 0.2) is 0 Å². The van der Waals surface area contributed by atoms with E-state index in [0.717, 1.165) is 25.9 Å². The van der Waals surface area contributed by atoms with Gasteiger partial charge < -0.3 is 20.5 Å². The lowest BCUT2D eigenvalue weighted by molar-refractivity contribution is 0.208. The van der Waals surface area contributed by atoms with Crippen LogP contribution >= 0.6 is 0 Å². The zero-order valence-corrected chi connectivity index (χ0v) is 10.5. The van der Waals surface area contributed by atoms with Gasteiger partial charge in [-0.25, -0.2) is 0 Å². The third-order valence-corrected chi connectivity index (χ3v) is 2.95. The van der Waals surface area contributed by atoms with E-state index in [2.05, 4.69) is 15.0 Å². The van der Waals surface area contributed by atoms with E-state index in [9.17, 15) is 5.11 Å². The molecule has 1 aromatic heterocycles. The second-order valence-corrected chi connectivity index (χ2v) is 4.35. The third-order valence-electron chi connectivity index (χ3n) is 2.95. The van der Waals surface area contributed by atoms with Crippen molar-refractivity contribution in [3.63, 3.8) is 0 Å². The predicted octanol–water partition coefficient (Wildman–Crippen LogP) is 0.0612. The fourth-order valence-electron chi connectivity index (χ4n) is 2.09. The van der Waals surface area contributed by atoms with Crippen LogP contribution in [-0.2, 0) is 0 Å². The molecule has 0 amide bonds. The molecule has 1 unspecified atom stereocenters. The smallest absolute Gasteiger partial charge is 0.323 e. The summed E-state index contributed by atoms with van der Waals surface area (Å²) in [4.78, 5) is 14.3. The van der Waals surface area contributed by atoms with Gasteiger partial charge in [-0.15, -0.1) is 0 Å². The number of ether oxygens (including phenoxy) is 1. The number of aliphatic hydroxyl groups excluding tert-OH is 1. The molecule has 0 aliphatic carbocycles. The molecule has 0 bridgehead atoms. The van der Waals surface area contributed by atoms with Gasteiger partial charge in [0.25, 0.3) is 0 Å². The van der Waals surface area contributed by atoms with Crippen LogP contribution in [0.1, 0.15) is 19.8 Å². The summed E-state index contributed by atoms with van der Waals surface area (Å²) in [5.41, 5.74) is 5.65. The number of piperidine rings is 1. The van der Waals surface area contributed by atoms with E-state index >= 15 is 0 Å². The Morgan fingerprint density at radius 1 is 1.44 bits per heavy atom. The second kappa shape index (κ2) is 5.81. The molecule has 0 radical (unpaired) electrons. The Hall–Kier alpha value is -1.63. The predicted molar refractivity (Wildman–Crippen MR) is 67.4 cm³/mol. The molecule has 1 atom stereocenters. The summed E-state index contributed by atoms with van der Waals surface area (Å²) in [6.45, 7) is 4.15. The zero-order valence-electron chi connectivity index (χ0n) is 10.5. The van der Waals surface area contributed by atoms with Crippen molar-refractivity contribution in [3.8, 4) is 6.01 Å². The SMILES string of the molecule is CCOc1nc(N)nc(N2CCCC(CO)C2)n1. The van der Waals surface area contributed by atoms with Crippen molar-refractivity contribution < 1.29 is 9.84 Å². The Morgan fingerprint density at radius 3 is 3.00 bits per heavy atom. The summed E-state index contributed by atoms with van der Waals surface area (Å²) in [5.74, 6) is 0.964. The first-order valence-electron chi connectivity index (χ1n) is 6.23. The van der Waals surface area contributed by atoms with Gasteiger partial charge in [0.2, 0.25) is 11.9 Å². The number of hydrogen-bond donors (Lipinski definition) is 2. The molecular weight excluding hydrogens is 234 g/mol. The standard InChI is InChI=1S/C11H19N5O2/c1-2-18-11-14-9(12)13-10(15-11)16-5-3-4-8(6-16)7-17/h8,17H,2-7H2,1H3,(H2,12,13,14,15). The maximum absolute atomic E-state index is 9.22. The largest absolute Gasteiger partial charge is 0.464 e. The Bertz CT molecular complexity index is 401. The Kier molecular flexibility index (Phi) is 4.14. The molecule has 1 fully saturated rings. The van der Waals surface area contributed by atoms with Crippen LogP contribution in [0.4, 0.5) is 11.9 Å². The van der Waals surface area contributed by atoms with Gasteiger partial charge in [-0.1, -0.05) is 0 Å². The van der Waals surface area contributed by atoms with Crippen LogP contribution in [0.5, 0.6) is 6.01 Å². The third kappa shape index (κ3) is 2.98. The summed E-state index contributed by atoms with van der Waals surface area (Å²) in [6, 6.07) is 0.256. The molecule has 1 aliphatic rings. The van der Waals surface area contributed by atoms with E-state index in [1.54, 1.807) is 0 Å². The number of aromatic nitrogens is 3. The molecular formula is C11H19N5O2. The molecule has 2 heterocycles. The Balaban J connectivity index is 2.16. The van der Waals surface area contributed by atoms with Crippen LogP contribution in [0.2, 0.25) is 0 Å². The minimum Gasteiger partial charge on any atom is -0.464 e. The van der Waals surface area contributed by atoms with E-state index in [1.165, 1.54) is 0 Å². The summed E-state index contributed by atoms with van der Waals surface area (Å²) >= 11 is 0. The molecule has 18 heavy (non-hydrogen) atoms. The number of nitrogens with two attached hydrogens (primary N) is 1. The van der Waals surface area contributed by atoms with Gasteiger partial charge >= 0.3 is 6.01 Å². The van der Waals surface area contributed by atoms with Crippen molar-refractivity contribution >= 4 is 11.9 Å². The highest BCUT2D eigenvalue weighted by Gasteiger charge is 2.22. The summed E-state index contributed by atoms with van der Waals surface area (Å²) in [6.07, 6.45) is 2.05. The maximum atomic E-state index is 9.22. The van der Waals surface area contributed by atoms with Crippen LogP contribution in [-0.4, -0.2) is 46.4 Å². The zero-order chi connectivity index (χ0) is 13.0. The topological polar surface area (TPSA) is 97.4 Å². The fourth-order valence-corrected chi connectivity index (χ4v) is 2.09. The van der Waals surface area contributed by atoms with E-state index in [1.807, 2.05) is 11.8 Å². The van der Waals surface area contributed by atoms with Crippen LogP contribution in [0.25, 0.3) is 0 Å².